The van der Waals surface area contributed by atoms with E-state index in [2.05, 4.69) is 5.10 Å². The molecule has 1 fully saturated rings. The van der Waals surface area contributed by atoms with E-state index in [9.17, 15) is 9.59 Å². The lowest BCUT2D eigenvalue weighted by Gasteiger charge is -2.19. The van der Waals surface area contributed by atoms with Crippen molar-refractivity contribution in [3.05, 3.63) is 39.1 Å². The molecule has 0 aromatic carbocycles. The van der Waals surface area contributed by atoms with Crippen molar-refractivity contribution in [2.45, 2.75) is 52.5 Å². The number of hydrogen-bond donors (Lipinski definition) is 0. The van der Waals surface area contributed by atoms with Gasteiger partial charge in [0.15, 0.2) is 0 Å². The lowest BCUT2D eigenvalue weighted by Crippen LogP contribution is -2.38. The lowest BCUT2D eigenvalue weighted by molar-refractivity contribution is -0.130. The van der Waals surface area contributed by atoms with Crippen LogP contribution in [0.4, 0.5) is 0 Å². The van der Waals surface area contributed by atoms with E-state index in [4.69, 9.17) is 4.98 Å². The van der Waals surface area contributed by atoms with Crippen molar-refractivity contribution in [1.29, 1.82) is 0 Å². The van der Waals surface area contributed by atoms with Crippen LogP contribution in [0.15, 0.2) is 10.9 Å². The normalized spacial score (nSPS) is 16.5. The van der Waals surface area contributed by atoms with Crippen LogP contribution in [-0.2, 0) is 24.2 Å². The molecular weight excluding hydrogens is 318 g/mol. The van der Waals surface area contributed by atoms with Crippen LogP contribution in [0.3, 0.4) is 0 Å². The van der Waals surface area contributed by atoms with Crippen molar-refractivity contribution in [3.63, 3.8) is 0 Å². The molecule has 1 aliphatic heterocycles. The highest BCUT2D eigenvalue weighted by atomic mass is 16.2. The number of carbonyl (C=O) groups is 1. The predicted octanol–water partition coefficient (Wildman–Crippen LogP) is 1.16. The Labute approximate surface area is 146 Å². The summed E-state index contributed by atoms with van der Waals surface area (Å²) in [7, 11) is 0. The molecule has 7 nitrogen and oxygen atoms in total. The molecule has 7 heteroatoms. The number of fused-ring (bicyclic) bond motifs is 1. The van der Waals surface area contributed by atoms with E-state index in [0.717, 1.165) is 67.8 Å². The van der Waals surface area contributed by atoms with Crippen LogP contribution >= 0.6 is 0 Å². The minimum Gasteiger partial charge on any atom is -0.341 e. The van der Waals surface area contributed by atoms with Crippen molar-refractivity contribution < 1.29 is 4.79 Å². The quantitative estimate of drug-likeness (QED) is 0.840. The third kappa shape index (κ3) is 2.77. The molecule has 0 bridgehead atoms. The zero-order chi connectivity index (χ0) is 17.6. The fourth-order valence-electron chi connectivity index (χ4n) is 3.85. The third-order valence-electron chi connectivity index (χ3n) is 5.12. The standard InChI is InChI=1S/C18H23N5O2/c1-12-10-13(2)23(20-12)18-19-15-7-5-6-14(15)17(25)22(18)11-16(24)21-8-3-4-9-21/h10H,3-9,11H2,1-2H3. The molecule has 132 valence electrons. The maximum Gasteiger partial charge on any atom is 0.258 e. The number of hydrogen-bond acceptors (Lipinski definition) is 4. The van der Waals surface area contributed by atoms with Crippen LogP contribution < -0.4 is 5.56 Å². The van der Waals surface area contributed by atoms with E-state index in [1.165, 1.54) is 4.57 Å². The van der Waals surface area contributed by atoms with Gasteiger partial charge in [0.2, 0.25) is 11.9 Å². The summed E-state index contributed by atoms with van der Waals surface area (Å²) in [4.78, 5) is 32.3. The summed E-state index contributed by atoms with van der Waals surface area (Å²) in [6.07, 6.45) is 4.58. The van der Waals surface area contributed by atoms with Crippen molar-refractivity contribution in [2.24, 2.45) is 0 Å². The monoisotopic (exact) mass is 341 g/mol. The van der Waals surface area contributed by atoms with Crippen LogP contribution in [0.1, 0.15) is 41.9 Å². The molecule has 25 heavy (non-hydrogen) atoms. The lowest BCUT2D eigenvalue weighted by atomic mass is 10.2. The Kier molecular flexibility index (Phi) is 3.94. The first-order valence-corrected chi connectivity index (χ1v) is 8.98. The van der Waals surface area contributed by atoms with Gasteiger partial charge in [-0.1, -0.05) is 0 Å². The van der Waals surface area contributed by atoms with Crippen LogP contribution in [0, 0.1) is 13.8 Å². The number of aromatic nitrogens is 4. The van der Waals surface area contributed by atoms with Gasteiger partial charge in [0, 0.05) is 24.3 Å². The maximum atomic E-state index is 13.0. The van der Waals surface area contributed by atoms with E-state index in [0.29, 0.717) is 5.95 Å². The van der Waals surface area contributed by atoms with Gasteiger partial charge in [-0.05, 0) is 52.0 Å². The summed E-state index contributed by atoms with van der Waals surface area (Å²) >= 11 is 0. The van der Waals surface area contributed by atoms with E-state index in [1.54, 1.807) is 4.68 Å². The minimum absolute atomic E-state index is 0.0119. The molecule has 0 saturated carbocycles. The molecule has 1 aliphatic carbocycles. The Bertz CT molecular complexity index is 890. The third-order valence-corrected chi connectivity index (χ3v) is 5.12. The summed E-state index contributed by atoms with van der Waals surface area (Å²) in [5.41, 5.74) is 3.31. The minimum atomic E-state index is -0.0856. The zero-order valence-electron chi connectivity index (χ0n) is 14.8. The van der Waals surface area contributed by atoms with Crippen molar-refractivity contribution in [2.75, 3.05) is 13.1 Å². The molecule has 0 unspecified atom stereocenters. The summed E-state index contributed by atoms with van der Waals surface area (Å²) < 4.78 is 3.21. The molecule has 0 atom stereocenters. The van der Waals surface area contributed by atoms with Crippen molar-refractivity contribution in [3.8, 4) is 5.95 Å². The summed E-state index contributed by atoms with van der Waals surface area (Å²) in [6, 6.07) is 1.95. The second kappa shape index (κ2) is 6.13. The first-order valence-electron chi connectivity index (χ1n) is 8.98. The Morgan fingerprint density at radius 2 is 1.92 bits per heavy atom. The first kappa shape index (κ1) is 16.1. The van der Waals surface area contributed by atoms with E-state index < -0.39 is 0 Å². The summed E-state index contributed by atoms with van der Waals surface area (Å²) in [6.45, 7) is 5.44. The highest BCUT2D eigenvalue weighted by Gasteiger charge is 2.26. The summed E-state index contributed by atoms with van der Waals surface area (Å²) in [5.74, 6) is 0.450. The van der Waals surface area contributed by atoms with E-state index in [-0.39, 0.29) is 18.0 Å². The average Bonchev–Trinajstić information content (AvgIpc) is 3.30. The van der Waals surface area contributed by atoms with Gasteiger partial charge in [0.25, 0.3) is 5.56 Å². The predicted molar refractivity (Wildman–Crippen MR) is 92.9 cm³/mol. The van der Waals surface area contributed by atoms with Crippen molar-refractivity contribution in [1.82, 2.24) is 24.2 Å². The van der Waals surface area contributed by atoms with Gasteiger partial charge in [-0.15, -0.1) is 0 Å². The highest BCUT2D eigenvalue weighted by Crippen LogP contribution is 2.19. The molecule has 0 radical (unpaired) electrons. The second-order valence-electron chi connectivity index (χ2n) is 7.01. The van der Waals surface area contributed by atoms with Gasteiger partial charge >= 0.3 is 0 Å². The van der Waals surface area contributed by atoms with Gasteiger partial charge in [-0.3, -0.25) is 14.2 Å². The molecule has 3 heterocycles. The van der Waals surface area contributed by atoms with Gasteiger partial charge < -0.3 is 4.90 Å². The number of nitrogens with zero attached hydrogens (tertiary/aromatic N) is 5. The summed E-state index contributed by atoms with van der Waals surface area (Å²) in [5, 5.41) is 4.48. The molecule has 2 aliphatic rings. The molecule has 1 amide bonds. The molecule has 1 saturated heterocycles. The largest absolute Gasteiger partial charge is 0.341 e. The Balaban J connectivity index is 1.82. The van der Waals surface area contributed by atoms with E-state index in [1.807, 2.05) is 24.8 Å². The maximum absolute atomic E-state index is 13.0. The van der Waals surface area contributed by atoms with Gasteiger partial charge in [0.05, 0.1) is 11.4 Å². The average molecular weight is 341 g/mol. The molecule has 0 spiro atoms. The zero-order valence-corrected chi connectivity index (χ0v) is 14.8. The molecular formula is C18H23N5O2. The number of likely N-dealkylation sites (tertiary alicyclic amines) is 1. The van der Waals surface area contributed by atoms with Gasteiger partial charge in [0.1, 0.15) is 6.54 Å². The van der Waals surface area contributed by atoms with Gasteiger partial charge in [-0.2, -0.15) is 5.10 Å². The Hall–Kier alpha value is -2.44. The smallest absolute Gasteiger partial charge is 0.258 e. The van der Waals surface area contributed by atoms with Crippen LogP contribution in [0.2, 0.25) is 0 Å². The number of amides is 1. The first-order chi connectivity index (χ1) is 12.0. The van der Waals surface area contributed by atoms with Crippen LogP contribution in [-0.4, -0.2) is 43.2 Å². The fourth-order valence-corrected chi connectivity index (χ4v) is 3.85. The van der Waals surface area contributed by atoms with Gasteiger partial charge in [-0.25, -0.2) is 9.67 Å². The molecule has 0 N–H and O–H groups in total. The van der Waals surface area contributed by atoms with Crippen LogP contribution in [0.25, 0.3) is 5.95 Å². The highest BCUT2D eigenvalue weighted by molar-refractivity contribution is 5.76. The Morgan fingerprint density at radius 3 is 2.60 bits per heavy atom. The fraction of sp³-hybridized carbons (Fsp3) is 0.556. The number of aryl methyl sites for hydroxylation is 3. The molecule has 2 aromatic rings. The topological polar surface area (TPSA) is 73.0 Å². The second-order valence-corrected chi connectivity index (χ2v) is 7.01. The SMILES string of the molecule is Cc1cc(C)n(-c2nc3c(c(=O)n2CC(=O)N2CCCC2)CCC3)n1. The van der Waals surface area contributed by atoms with E-state index >= 15 is 0 Å². The molecule has 2 aromatic heterocycles. The van der Waals surface area contributed by atoms with Crippen LogP contribution in [0.5, 0.6) is 0 Å². The molecule has 4 rings (SSSR count). The number of carbonyl (C=O) groups excluding carboxylic acids is 1. The Morgan fingerprint density at radius 1 is 1.16 bits per heavy atom. The number of rotatable bonds is 3. The van der Waals surface area contributed by atoms with Crippen molar-refractivity contribution >= 4 is 5.91 Å².